The summed E-state index contributed by atoms with van der Waals surface area (Å²) >= 11 is 3.02. The normalized spacial score (nSPS) is 11.2. The molecular weight excluding hydrogens is 346 g/mol. The van der Waals surface area contributed by atoms with Crippen molar-refractivity contribution < 1.29 is 9.52 Å². The lowest BCUT2D eigenvalue weighted by molar-refractivity contribution is 0.473. The second-order valence-corrected chi connectivity index (χ2v) is 6.89. The molecular formula is C16H11N3O3S2. The van der Waals surface area contributed by atoms with Crippen molar-refractivity contribution in [2.75, 3.05) is 0 Å². The second-order valence-electron chi connectivity index (χ2n) is 5.00. The SMILES string of the molecule is O=c1cc(CSc2n[nH]c(-c3cccs3)n2)c2ccc(O)cc2o1. The number of hydrogen-bond donors (Lipinski definition) is 2. The number of rotatable bonds is 4. The van der Waals surface area contributed by atoms with E-state index in [-0.39, 0.29) is 5.75 Å². The lowest BCUT2D eigenvalue weighted by atomic mass is 10.1. The Bertz CT molecular complexity index is 1050. The molecule has 2 N–H and O–H groups in total. The fourth-order valence-electron chi connectivity index (χ4n) is 2.31. The number of nitrogens with zero attached hydrogens (tertiary/aromatic N) is 2. The van der Waals surface area contributed by atoms with Crippen molar-refractivity contribution in [3.63, 3.8) is 0 Å². The van der Waals surface area contributed by atoms with Crippen LogP contribution in [-0.2, 0) is 5.75 Å². The predicted octanol–water partition coefficient (Wildman–Crippen LogP) is 3.64. The number of aromatic nitrogens is 3. The van der Waals surface area contributed by atoms with Crippen LogP contribution >= 0.6 is 23.1 Å². The van der Waals surface area contributed by atoms with E-state index in [2.05, 4.69) is 15.2 Å². The van der Waals surface area contributed by atoms with Crippen molar-refractivity contribution in [2.24, 2.45) is 0 Å². The Morgan fingerprint density at radius 2 is 2.21 bits per heavy atom. The summed E-state index contributed by atoms with van der Waals surface area (Å²) in [4.78, 5) is 17.2. The van der Waals surface area contributed by atoms with Crippen LogP contribution in [-0.4, -0.2) is 20.3 Å². The van der Waals surface area contributed by atoms with Gasteiger partial charge in [-0.05, 0) is 29.1 Å². The van der Waals surface area contributed by atoms with Crippen LogP contribution in [0.4, 0.5) is 0 Å². The maximum absolute atomic E-state index is 11.7. The van der Waals surface area contributed by atoms with Gasteiger partial charge in [-0.25, -0.2) is 9.78 Å². The zero-order chi connectivity index (χ0) is 16.5. The first-order valence-corrected chi connectivity index (χ1v) is 8.90. The van der Waals surface area contributed by atoms with Crippen LogP contribution in [0, 0.1) is 0 Å². The van der Waals surface area contributed by atoms with Crippen molar-refractivity contribution in [2.45, 2.75) is 10.9 Å². The summed E-state index contributed by atoms with van der Waals surface area (Å²) in [5, 5.41) is 20.0. The zero-order valence-electron chi connectivity index (χ0n) is 12.2. The third kappa shape index (κ3) is 2.93. The number of hydrogen-bond acceptors (Lipinski definition) is 7. The van der Waals surface area contributed by atoms with Gasteiger partial charge in [-0.2, -0.15) is 0 Å². The van der Waals surface area contributed by atoms with Crippen LogP contribution < -0.4 is 5.63 Å². The maximum Gasteiger partial charge on any atom is 0.336 e. The molecule has 0 atom stereocenters. The van der Waals surface area contributed by atoms with E-state index < -0.39 is 5.63 Å². The molecule has 0 spiro atoms. The van der Waals surface area contributed by atoms with Gasteiger partial charge in [-0.1, -0.05) is 17.8 Å². The molecule has 3 aromatic heterocycles. The minimum absolute atomic E-state index is 0.0602. The number of thiophene rings is 1. The highest BCUT2D eigenvalue weighted by molar-refractivity contribution is 7.98. The quantitative estimate of drug-likeness (QED) is 0.428. The van der Waals surface area contributed by atoms with E-state index in [4.69, 9.17) is 4.42 Å². The smallest absolute Gasteiger partial charge is 0.336 e. The molecule has 0 bridgehead atoms. The standard InChI is InChI=1S/C16H11N3O3S2/c20-10-3-4-11-9(6-14(21)22-12(11)7-10)8-24-16-17-15(18-19-16)13-2-1-5-23-13/h1-7,20H,8H2,(H,17,18,19). The molecule has 4 rings (SSSR count). The number of aromatic hydroxyl groups is 1. The summed E-state index contributed by atoms with van der Waals surface area (Å²) in [7, 11) is 0. The van der Waals surface area contributed by atoms with Gasteiger partial charge in [0.2, 0.25) is 5.16 Å². The maximum atomic E-state index is 11.7. The number of aromatic amines is 1. The molecule has 24 heavy (non-hydrogen) atoms. The van der Waals surface area contributed by atoms with E-state index in [0.29, 0.717) is 16.5 Å². The Morgan fingerprint density at radius 3 is 3.04 bits per heavy atom. The van der Waals surface area contributed by atoms with Crippen LogP contribution in [0.5, 0.6) is 5.75 Å². The molecule has 3 heterocycles. The Morgan fingerprint density at radius 1 is 1.29 bits per heavy atom. The molecule has 0 saturated heterocycles. The molecule has 0 aliphatic heterocycles. The van der Waals surface area contributed by atoms with Crippen LogP contribution in [0.1, 0.15) is 5.56 Å². The van der Waals surface area contributed by atoms with Crippen molar-refractivity contribution in [3.05, 3.63) is 57.8 Å². The molecule has 0 aliphatic carbocycles. The van der Waals surface area contributed by atoms with Crippen molar-refractivity contribution >= 4 is 34.1 Å². The van der Waals surface area contributed by atoms with E-state index in [1.165, 1.54) is 23.9 Å². The lowest BCUT2D eigenvalue weighted by Crippen LogP contribution is -1.99. The summed E-state index contributed by atoms with van der Waals surface area (Å²) in [6.45, 7) is 0. The summed E-state index contributed by atoms with van der Waals surface area (Å²) < 4.78 is 5.13. The topological polar surface area (TPSA) is 92.0 Å². The fourth-order valence-corrected chi connectivity index (χ4v) is 3.77. The summed E-state index contributed by atoms with van der Waals surface area (Å²) in [6, 6.07) is 10.1. The summed E-state index contributed by atoms with van der Waals surface area (Å²) in [5.41, 5.74) is 0.735. The highest BCUT2D eigenvalue weighted by Gasteiger charge is 2.10. The molecule has 0 saturated carbocycles. The lowest BCUT2D eigenvalue weighted by Gasteiger charge is -2.04. The van der Waals surface area contributed by atoms with Gasteiger partial charge in [0.1, 0.15) is 11.3 Å². The van der Waals surface area contributed by atoms with Crippen molar-refractivity contribution in [3.8, 4) is 16.5 Å². The van der Waals surface area contributed by atoms with Gasteiger partial charge in [0.25, 0.3) is 0 Å². The Hall–Kier alpha value is -2.58. The van der Waals surface area contributed by atoms with E-state index >= 15 is 0 Å². The Balaban J connectivity index is 1.60. The molecule has 8 heteroatoms. The first-order valence-electron chi connectivity index (χ1n) is 7.04. The van der Waals surface area contributed by atoms with E-state index in [1.807, 2.05) is 17.5 Å². The van der Waals surface area contributed by atoms with E-state index in [0.717, 1.165) is 21.7 Å². The van der Waals surface area contributed by atoms with Gasteiger partial charge < -0.3 is 9.52 Å². The van der Waals surface area contributed by atoms with Gasteiger partial charge in [-0.3, -0.25) is 5.10 Å². The molecule has 1 aromatic carbocycles. The monoisotopic (exact) mass is 357 g/mol. The number of thioether (sulfide) groups is 1. The third-order valence-corrected chi connectivity index (χ3v) is 5.16. The third-order valence-electron chi connectivity index (χ3n) is 3.39. The molecule has 4 aromatic rings. The second kappa shape index (κ2) is 6.14. The van der Waals surface area contributed by atoms with Gasteiger partial charge in [0, 0.05) is 23.3 Å². The molecule has 0 radical (unpaired) electrons. The molecule has 0 aliphatic rings. The minimum Gasteiger partial charge on any atom is -0.508 e. The summed E-state index contributed by atoms with van der Waals surface area (Å²) in [5.74, 6) is 1.31. The van der Waals surface area contributed by atoms with Crippen LogP contribution in [0.25, 0.3) is 21.7 Å². The van der Waals surface area contributed by atoms with Gasteiger partial charge >= 0.3 is 5.63 Å². The minimum atomic E-state index is -0.446. The van der Waals surface area contributed by atoms with Gasteiger partial charge in [-0.15, -0.1) is 16.4 Å². The number of phenolic OH excluding ortho intramolecular Hbond substituents is 1. The van der Waals surface area contributed by atoms with Crippen LogP contribution in [0.15, 0.2) is 56.1 Å². The van der Waals surface area contributed by atoms with Crippen molar-refractivity contribution in [1.82, 2.24) is 15.2 Å². The first kappa shape index (κ1) is 15.0. The largest absolute Gasteiger partial charge is 0.508 e. The molecule has 0 unspecified atom stereocenters. The zero-order valence-corrected chi connectivity index (χ0v) is 13.9. The predicted molar refractivity (Wildman–Crippen MR) is 93.4 cm³/mol. The highest BCUT2D eigenvalue weighted by Crippen LogP contribution is 2.28. The van der Waals surface area contributed by atoms with Crippen LogP contribution in [0.3, 0.4) is 0 Å². The van der Waals surface area contributed by atoms with Crippen LogP contribution in [0.2, 0.25) is 0 Å². The highest BCUT2D eigenvalue weighted by atomic mass is 32.2. The summed E-state index contributed by atoms with van der Waals surface area (Å²) in [6.07, 6.45) is 0. The Labute approximate surface area is 144 Å². The van der Waals surface area contributed by atoms with E-state index in [1.54, 1.807) is 23.5 Å². The van der Waals surface area contributed by atoms with Gasteiger partial charge in [0.05, 0.1) is 4.88 Å². The average molecular weight is 357 g/mol. The molecule has 0 fully saturated rings. The number of fused-ring (bicyclic) bond motifs is 1. The first-order chi connectivity index (χ1) is 11.7. The Kier molecular flexibility index (Phi) is 3.83. The number of benzene rings is 1. The molecule has 6 nitrogen and oxygen atoms in total. The van der Waals surface area contributed by atoms with Gasteiger partial charge in [0.15, 0.2) is 5.82 Å². The average Bonchev–Trinajstić information content (AvgIpc) is 3.23. The number of phenols is 1. The van der Waals surface area contributed by atoms with E-state index in [9.17, 15) is 9.90 Å². The number of nitrogens with one attached hydrogen (secondary N) is 1. The molecule has 0 amide bonds. The molecule has 120 valence electrons. The van der Waals surface area contributed by atoms with Crippen molar-refractivity contribution in [1.29, 1.82) is 0 Å². The fraction of sp³-hybridized carbons (Fsp3) is 0.0625. The number of H-pyrrole nitrogens is 1.